The molecule has 1 aromatic rings. The summed E-state index contributed by atoms with van der Waals surface area (Å²) in [7, 11) is 4.02. The molecule has 0 aliphatic rings. The molecule has 92 valence electrons. The van der Waals surface area contributed by atoms with Crippen molar-refractivity contribution in [2.45, 2.75) is 45.8 Å². The fourth-order valence-corrected chi connectivity index (χ4v) is 1.41. The van der Waals surface area contributed by atoms with E-state index in [4.69, 9.17) is 4.52 Å². The third-order valence-electron chi connectivity index (χ3n) is 3.26. The van der Waals surface area contributed by atoms with Crippen molar-refractivity contribution in [3.05, 3.63) is 17.5 Å². The minimum Gasteiger partial charge on any atom is -0.360 e. The molecule has 4 nitrogen and oxygen atoms in total. The average Bonchev–Trinajstić information content (AvgIpc) is 2.66. The first-order valence-electron chi connectivity index (χ1n) is 5.80. The van der Waals surface area contributed by atoms with Crippen LogP contribution in [0.4, 0.5) is 0 Å². The van der Waals surface area contributed by atoms with Gasteiger partial charge in [-0.3, -0.25) is 4.90 Å². The predicted molar refractivity (Wildman–Crippen MR) is 65.1 cm³/mol. The van der Waals surface area contributed by atoms with Crippen LogP contribution in [0.1, 0.15) is 38.6 Å². The van der Waals surface area contributed by atoms with Crippen LogP contribution in [0, 0.1) is 0 Å². The molecule has 0 bridgehead atoms. The summed E-state index contributed by atoms with van der Waals surface area (Å²) in [5.74, 6) is 0.925. The van der Waals surface area contributed by atoms with Gasteiger partial charge in [0.05, 0.1) is 12.2 Å². The Morgan fingerprint density at radius 1 is 1.50 bits per heavy atom. The maximum Gasteiger partial charge on any atom is 0.151 e. The van der Waals surface area contributed by atoms with Gasteiger partial charge in [0.1, 0.15) is 0 Å². The van der Waals surface area contributed by atoms with Crippen LogP contribution in [-0.2, 0) is 13.1 Å². The molecule has 0 radical (unpaired) electrons. The predicted octanol–water partition coefficient (Wildman–Crippen LogP) is 2.01. The zero-order valence-corrected chi connectivity index (χ0v) is 11.0. The highest BCUT2D eigenvalue weighted by Gasteiger charge is 2.22. The van der Waals surface area contributed by atoms with E-state index in [1.165, 1.54) is 0 Å². The van der Waals surface area contributed by atoms with E-state index in [1.54, 1.807) is 0 Å². The van der Waals surface area contributed by atoms with Gasteiger partial charge in [0.2, 0.25) is 0 Å². The lowest BCUT2D eigenvalue weighted by Gasteiger charge is -2.33. The summed E-state index contributed by atoms with van der Waals surface area (Å²) in [5.41, 5.74) is 1.15. The summed E-state index contributed by atoms with van der Waals surface area (Å²) in [6, 6.07) is 2.01. The Bertz CT molecular complexity index is 320. The molecule has 0 unspecified atom stereocenters. The Hall–Kier alpha value is -0.870. The maximum absolute atomic E-state index is 5.30. The van der Waals surface area contributed by atoms with E-state index >= 15 is 0 Å². The Balaban J connectivity index is 2.59. The Morgan fingerprint density at radius 3 is 2.75 bits per heavy atom. The van der Waals surface area contributed by atoms with Crippen molar-refractivity contribution in [2.24, 2.45) is 0 Å². The van der Waals surface area contributed by atoms with Gasteiger partial charge in [-0.05, 0) is 34.4 Å². The van der Waals surface area contributed by atoms with E-state index < -0.39 is 0 Å². The van der Waals surface area contributed by atoms with E-state index in [9.17, 15) is 0 Å². The van der Waals surface area contributed by atoms with Gasteiger partial charge in [-0.1, -0.05) is 12.1 Å². The van der Waals surface area contributed by atoms with Gasteiger partial charge in [-0.2, -0.15) is 0 Å². The van der Waals surface area contributed by atoms with Crippen LogP contribution in [0.15, 0.2) is 10.6 Å². The van der Waals surface area contributed by atoms with E-state index in [1.807, 2.05) is 13.1 Å². The zero-order valence-electron chi connectivity index (χ0n) is 11.0. The minimum absolute atomic E-state index is 0.190. The summed E-state index contributed by atoms with van der Waals surface area (Å²) in [6.07, 6.45) is 1.11. The van der Waals surface area contributed by atoms with Crippen molar-refractivity contribution >= 4 is 0 Å². The molecule has 1 rings (SSSR count). The van der Waals surface area contributed by atoms with Crippen LogP contribution in [-0.4, -0.2) is 29.7 Å². The number of rotatable bonds is 6. The van der Waals surface area contributed by atoms with Crippen LogP contribution in [0.5, 0.6) is 0 Å². The molecule has 1 heterocycles. The van der Waals surface area contributed by atoms with Gasteiger partial charge in [-0.15, -0.1) is 0 Å². The molecule has 0 spiro atoms. The standard InChI is InChI=1S/C12H23N3O/c1-6-12(2,3)15(5)9-11-7-10(8-13-4)14-16-11/h7,13H,6,8-9H2,1-5H3. The maximum atomic E-state index is 5.30. The third kappa shape index (κ3) is 3.32. The average molecular weight is 225 g/mol. The van der Waals surface area contributed by atoms with Crippen LogP contribution < -0.4 is 5.32 Å². The number of aromatic nitrogens is 1. The van der Waals surface area contributed by atoms with Gasteiger partial charge < -0.3 is 9.84 Å². The first-order chi connectivity index (χ1) is 7.49. The molecule has 1 aromatic heterocycles. The fraction of sp³-hybridized carbons (Fsp3) is 0.750. The molecular formula is C12H23N3O. The lowest BCUT2D eigenvalue weighted by Crippen LogP contribution is -2.39. The van der Waals surface area contributed by atoms with Crippen molar-refractivity contribution in [2.75, 3.05) is 14.1 Å². The first-order valence-corrected chi connectivity index (χ1v) is 5.80. The van der Waals surface area contributed by atoms with Crippen molar-refractivity contribution < 1.29 is 4.52 Å². The van der Waals surface area contributed by atoms with Gasteiger partial charge in [0, 0.05) is 18.2 Å². The molecule has 16 heavy (non-hydrogen) atoms. The highest BCUT2D eigenvalue weighted by atomic mass is 16.5. The van der Waals surface area contributed by atoms with E-state index in [2.05, 4.69) is 43.2 Å². The lowest BCUT2D eigenvalue weighted by atomic mass is 10.00. The van der Waals surface area contributed by atoms with Gasteiger partial charge in [0.25, 0.3) is 0 Å². The van der Waals surface area contributed by atoms with Crippen LogP contribution in [0.2, 0.25) is 0 Å². The SMILES string of the molecule is CCC(C)(C)N(C)Cc1cc(CNC)no1. The van der Waals surface area contributed by atoms with Crippen molar-refractivity contribution in [1.29, 1.82) is 0 Å². The largest absolute Gasteiger partial charge is 0.360 e. The number of hydrogen-bond acceptors (Lipinski definition) is 4. The highest BCUT2D eigenvalue weighted by Crippen LogP contribution is 2.19. The summed E-state index contributed by atoms with van der Waals surface area (Å²) < 4.78 is 5.30. The van der Waals surface area contributed by atoms with E-state index in [0.717, 1.165) is 31.0 Å². The number of nitrogens with one attached hydrogen (secondary N) is 1. The molecule has 0 fully saturated rings. The monoisotopic (exact) mass is 225 g/mol. The number of hydrogen-bond donors (Lipinski definition) is 1. The van der Waals surface area contributed by atoms with Crippen LogP contribution >= 0.6 is 0 Å². The zero-order chi connectivity index (χ0) is 12.2. The van der Waals surface area contributed by atoms with Crippen molar-refractivity contribution in [1.82, 2.24) is 15.4 Å². The topological polar surface area (TPSA) is 41.3 Å². The second-order valence-corrected chi connectivity index (χ2v) is 4.84. The second-order valence-electron chi connectivity index (χ2n) is 4.84. The second kappa shape index (κ2) is 5.46. The van der Waals surface area contributed by atoms with Crippen molar-refractivity contribution in [3.63, 3.8) is 0 Å². The smallest absolute Gasteiger partial charge is 0.151 e. The molecule has 0 atom stereocenters. The molecule has 4 heteroatoms. The summed E-state index contributed by atoms with van der Waals surface area (Å²) in [5, 5.41) is 7.06. The van der Waals surface area contributed by atoms with Crippen molar-refractivity contribution in [3.8, 4) is 0 Å². The molecule has 0 aliphatic heterocycles. The lowest BCUT2D eigenvalue weighted by molar-refractivity contribution is 0.129. The number of nitrogens with zero attached hydrogens (tertiary/aromatic N) is 2. The Kier molecular flexibility index (Phi) is 4.50. The molecule has 0 saturated heterocycles. The first kappa shape index (κ1) is 13.2. The molecular weight excluding hydrogens is 202 g/mol. The Morgan fingerprint density at radius 2 is 2.19 bits per heavy atom. The van der Waals surface area contributed by atoms with Gasteiger partial charge in [0.15, 0.2) is 5.76 Å². The minimum atomic E-state index is 0.190. The third-order valence-corrected chi connectivity index (χ3v) is 3.26. The summed E-state index contributed by atoms with van der Waals surface area (Å²) in [6.45, 7) is 8.22. The quantitative estimate of drug-likeness (QED) is 0.804. The summed E-state index contributed by atoms with van der Waals surface area (Å²) in [4.78, 5) is 2.29. The van der Waals surface area contributed by atoms with E-state index in [-0.39, 0.29) is 5.54 Å². The van der Waals surface area contributed by atoms with Gasteiger partial charge >= 0.3 is 0 Å². The van der Waals surface area contributed by atoms with Crippen LogP contribution in [0.25, 0.3) is 0 Å². The van der Waals surface area contributed by atoms with Gasteiger partial charge in [-0.25, -0.2) is 0 Å². The molecule has 0 saturated carbocycles. The molecule has 0 aliphatic carbocycles. The molecule has 0 aromatic carbocycles. The fourth-order valence-electron chi connectivity index (χ4n) is 1.41. The molecule has 1 N–H and O–H groups in total. The Labute approximate surface area is 98.0 Å². The summed E-state index contributed by atoms with van der Waals surface area (Å²) >= 11 is 0. The van der Waals surface area contributed by atoms with E-state index in [0.29, 0.717) is 0 Å². The van der Waals surface area contributed by atoms with Crippen LogP contribution in [0.3, 0.4) is 0 Å². The highest BCUT2D eigenvalue weighted by molar-refractivity contribution is 5.05. The molecule has 0 amide bonds. The normalized spacial score (nSPS) is 12.4.